The normalized spacial score (nSPS) is 18.9. The molecule has 6 heteroatoms. The van der Waals surface area contributed by atoms with Gasteiger partial charge in [-0.05, 0) is 41.8 Å². The van der Waals surface area contributed by atoms with Gasteiger partial charge in [-0.2, -0.15) is 0 Å². The van der Waals surface area contributed by atoms with Crippen LogP contribution in [0.3, 0.4) is 0 Å². The minimum Gasteiger partial charge on any atom is -0.489 e. The van der Waals surface area contributed by atoms with Gasteiger partial charge in [0.05, 0.1) is 0 Å². The Kier molecular flexibility index (Phi) is 4.56. The summed E-state index contributed by atoms with van der Waals surface area (Å²) in [4.78, 5) is 7.62. The van der Waals surface area contributed by atoms with E-state index in [1.54, 1.807) is 12.3 Å². The van der Waals surface area contributed by atoms with Crippen molar-refractivity contribution >= 4 is 16.7 Å². The molecule has 1 unspecified atom stereocenters. The molecule has 0 aliphatic carbocycles. The van der Waals surface area contributed by atoms with Crippen LogP contribution in [0.25, 0.3) is 10.9 Å². The van der Waals surface area contributed by atoms with Crippen molar-refractivity contribution in [3.63, 3.8) is 0 Å². The van der Waals surface area contributed by atoms with Crippen molar-refractivity contribution in [2.24, 2.45) is 16.5 Å². The van der Waals surface area contributed by atoms with E-state index in [2.05, 4.69) is 33.5 Å². The molecule has 0 saturated carbocycles. The van der Waals surface area contributed by atoms with Crippen LogP contribution < -0.4 is 21.5 Å². The quantitative estimate of drug-likeness (QED) is 0.542. The molecule has 1 aliphatic heterocycles. The van der Waals surface area contributed by atoms with Crippen LogP contribution in [0.15, 0.2) is 72.0 Å². The second-order valence-corrected chi connectivity index (χ2v) is 6.73. The van der Waals surface area contributed by atoms with E-state index < -0.39 is 5.79 Å². The first kappa shape index (κ1) is 17.2. The van der Waals surface area contributed by atoms with Crippen LogP contribution in [0.5, 0.6) is 5.75 Å². The van der Waals surface area contributed by atoms with E-state index in [4.69, 9.17) is 16.2 Å². The highest BCUT2D eigenvalue weighted by Gasteiger charge is 2.24. The lowest BCUT2D eigenvalue weighted by Gasteiger charge is -2.28. The molecule has 0 bridgehead atoms. The summed E-state index contributed by atoms with van der Waals surface area (Å²) in [6.07, 6.45) is 6.84. The van der Waals surface area contributed by atoms with Crippen molar-refractivity contribution in [3.05, 3.63) is 78.1 Å². The third-order valence-corrected chi connectivity index (χ3v) is 4.68. The molecule has 0 amide bonds. The highest BCUT2D eigenvalue weighted by Crippen LogP contribution is 2.26. The maximum atomic E-state index is 6.29. The Balaban J connectivity index is 1.48. The highest BCUT2D eigenvalue weighted by atomic mass is 16.5. The molecule has 0 saturated heterocycles. The molecule has 0 fully saturated rings. The Morgan fingerprint density at radius 3 is 2.78 bits per heavy atom. The first-order valence-corrected chi connectivity index (χ1v) is 8.96. The SMILES string of the molecule is NC1=NC(N)(CCc2c[nH]c3ccc(OCc4ccccc4)cc23)NC=C1. The number of H-pyrrole nitrogens is 1. The molecule has 27 heavy (non-hydrogen) atoms. The van der Waals surface area contributed by atoms with Gasteiger partial charge in [0, 0.05) is 29.7 Å². The molecule has 1 atom stereocenters. The number of rotatable bonds is 6. The topological polar surface area (TPSA) is 101 Å². The lowest BCUT2D eigenvalue weighted by Crippen LogP contribution is -2.52. The number of benzene rings is 2. The molecule has 138 valence electrons. The summed E-state index contributed by atoms with van der Waals surface area (Å²) in [5.41, 5.74) is 15.4. The fourth-order valence-electron chi connectivity index (χ4n) is 3.22. The second kappa shape index (κ2) is 7.17. The maximum Gasteiger partial charge on any atom is 0.184 e. The van der Waals surface area contributed by atoms with Crippen LogP contribution >= 0.6 is 0 Å². The molecule has 1 aliphatic rings. The standard InChI is InChI=1S/C21H23N5O/c22-20-9-11-25-21(23,26-20)10-8-16-13-24-19-7-6-17(12-18(16)19)27-14-15-4-2-1-3-5-15/h1-7,9,11-13,24-25H,8,10,14,23H2,(H2,22,26). The first-order valence-electron chi connectivity index (χ1n) is 8.96. The zero-order valence-electron chi connectivity index (χ0n) is 15.0. The van der Waals surface area contributed by atoms with E-state index in [0.717, 1.165) is 28.6 Å². The molecule has 2 heterocycles. The van der Waals surface area contributed by atoms with Gasteiger partial charge in [0.2, 0.25) is 0 Å². The Labute approximate surface area is 157 Å². The number of fused-ring (bicyclic) bond motifs is 1. The number of hydrogen-bond acceptors (Lipinski definition) is 5. The first-order chi connectivity index (χ1) is 13.1. The Morgan fingerprint density at radius 2 is 1.96 bits per heavy atom. The third kappa shape index (κ3) is 3.96. The molecule has 4 rings (SSSR count). The Morgan fingerprint density at radius 1 is 1.11 bits per heavy atom. The van der Waals surface area contributed by atoms with Gasteiger partial charge in [-0.25, -0.2) is 4.99 Å². The number of amidine groups is 1. The second-order valence-electron chi connectivity index (χ2n) is 6.73. The lowest BCUT2D eigenvalue weighted by molar-refractivity contribution is 0.306. The summed E-state index contributed by atoms with van der Waals surface area (Å²) in [5.74, 6) is 0.409. The molecule has 6 nitrogen and oxygen atoms in total. The maximum absolute atomic E-state index is 6.29. The van der Waals surface area contributed by atoms with E-state index in [-0.39, 0.29) is 0 Å². The van der Waals surface area contributed by atoms with Gasteiger partial charge in [0.25, 0.3) is 0 Å². The number of aromatic nitrogens is 1. The average Bonchev–Trinajstić information content (AvgIpc) is 3.08. The number of aryl methyl sites for hydroxylation is 1. The van der Waals surface area contributed by atoms with Crippen molar-refractivity contribution in [1.82, 2.24) is 10.3 Å². The van der Waals surface area contributed by atoms with Crippen LogP contribution in [-0.4, -0.2) is 16.6 Å². The monoisotopic (exact) mass is 361 g/mol. The summed E-state index contributed by atoms with van der Waals surface area (Å²) < 4.78 is 5.95. The van der Waals surface area contributed by atoms with Gasteiger partial charge in [0.15, 0.2) is 5.79 Å². The molecular weight excluding hydrogens is 338 g/mol. The summed E-state index contributed by atoms with van der Waals surface area (Å²) in [6.45, 7) is 0.544. The number of nitrogens with one attached hydrogen (secondary N) is 2. The van der Waals surface area contributed by atoms with Gasteiger partial charge in [-0.3, -0.25) is 5.73 Å². The zero-order chi connectivity index (χ0) is 18.7. The molecule has 6 N–H and O–H groups in total. The molecule has 1 aromatic heterocycles. The lowest BCUT2D eigenvalue weighted by atomic mass is 10.0. The van der Waals surface area contributed by atoms with Crippen molar-refractivity contribution in [2.45, 2.75) is 25.2 Å². The molecule has 0 radical (unpaired) electrons. The summed E-state index contributed by atoms with van der Waals surface area (Å²) in [5, 5.41) is 4.21. The number of ether oxygens (including phenoxy) is 1. The average molecular weight is 361 g/mol. The van der Waals surface area contributed by atoms with E-state index in [0.29, 0.717) is 18.9 Å². The fourth-order valence-corrected chi connectivity index (χ4v) is 3.22. The zero-order valence-corrected chi connectivity index (χ0v) is 15.0. The minimum absolute atomic E-state index is 0.437. The van der Waals surface area contributed by atoms with E-state index in [9.17, 15) is 0 Å². The van der Waals surface area contributed by atoms with Crippen molar-refractivity contribution in [1.29, 1.82) is 0 Å². The molecular formula is C21H23N5O. The molecule has 3 aromatic rings. The number of aromatic amines is 1. The van der Waals surface area contributed by atoms with E-state index in [1.165, 1.54) is 5.56 Å². The Bertz CT molecular complexity index is 992. The van der Waals surface area contributed by atoms with Crippen molar-refractivity contribution in [3.8, 4) is 5.75 Å². The van der Waals surface area contributed by atoms with E-state index in [1.807, 2.05) is 36.5 Å². The van der Waals surface area contributed by atoms with E-state index >= 15 is 0 Å². The predicted octanol–water partition coefficient (Wildman–Crippen LogP) is 2.77. The van der Waals surface area contributed by atoms with Gasteiger partial charge in [0.1, 0.15) is 18.2 Å². The van der Waals surface area contributed by atoms with Crippen molar-refractivity contribution < 1.29 is 4.74 Å². The van der Waals surface area contributed by atoms with Gasteiger partial charge < -0.3 is 20.8 Å². The smallest absolute Gasteiger partial charge is 0.184 e. The summed E-state index contributed by atoms with van der Waals surface area (Å²) in [7, 11) is 0. The van der Waals surface area contributed by atoms with Gasteiger partial charge >= 0.3 is 0 Å². The Hall–Kier alpha value is -3.25. The van der Waals surface area contributed by atoms with Crippen LogP contribution in [0.4, 0.5) is 0 Å². The molecule has 0 spiro atoms. The number of hydrogen-bond donors (Lipinski definition) is 4. The number of nitrogens with zero attached hydrogens (tertiary/aromatic N) is 1. The highest BCUT2D eigenvalue weighted by molar-refractivity contribution is 5.92. The van der Waals surface area contributed by atoms with Crippen LogP contribution in [0, 0.1) is 0 Å². The summed E-state index contributed by atoms with van der Waals surface area (Å²) >= 11 is 0. The number of nitrogens with two attached hydrogens (primary N) is 2. The number of aliphatic imine (C=N–C) groups is 1. The minimum atomic E-state index is -0.871. The fraction of sp³-hybridized carbons (Fsp3) is 0.190. The third-order valence-electron chi connectivity index (χ3n) is 4.68. The predicted molar refractivity (Wildman–Crippen MR) is 108 cm³/mol. The van der Waals surface area contributed by atoms with Crippen LogP contribution in [0.2, 0.25) is 0 Å². The largest absolute Gasteiger partial charge is 0.489 e. The summed E-state index contributed by atoms with van der Waals surface area (Å²) in [6, 6.07) is 16.2. The van der Waals surface area contributed by atoms with Gasteiger partial charge in [-0.1, -0.05) is 30.3 Å². The van der Waals surface area contributed by atoms with Gasteiger partial charge in [-0.15, -0.1) is 0 Å². The van der Waals surface area contributed by atoms with Crippen LogP contribution in [-0.2, 0) is 13.0 Å². The van der Waals surface area contributed by atoms with Crippen LogP contribution in [0.1, 0.15) is 17.5 Å². The molecule has 2 aromatic carbocycles. The van der Waals surface area contributed by atoms with Crippen molar-refractivity contribution in [2.75, 3.05) is 0 Å².